The molecule has 8 heteroatoms. The number of carbonyl (C=O) groups excluding carboxylic acids is 2. The molecule has 0 saturated carbocycles. The van der Waals surface area contributed by atoms with Crippen LogP contribution in [0.15, 0.2) is 30.3 Å². The third-order valence-electron chi connectivity index (χ3n) is 3.39. The minimum Gasteiger partial charge on any atom is -0.481 e. The van der Waals surface area contributed by atoms with Crippen LogP contribution in [-0.2, 0) is 16.1 Å². The summed E-state index contributed by atoms with van der Waals surface area (Å²) in [6, 6.07) is 10.2. The van der Waals surface area contributed by atoms with E-state index in [-0.39, 0.29) is 6.54 Å². The highest BCUT2D eigenvalue weighted by Gasteiger charge is 2.16. The standard InChI is InChI=1S/C17H19N5O3/c1-11-8-12(2)22(21-11)10-16(23)19-20-17(24)13(3)25-15-6-4-14(9-18)5-7-15/h4-8,13H,10H2,1-3H3,(H,19,23)(H,20,24)/t13-/m1/s1. The molecule has 0 aliphatic carbocycles. The average molecular weight is 341 g/mol. The molecule has 0 fully saturated rings. The Kier molecular flexibility index (Phi) is 5.74. The maximum absolute atomic E-state index is 12.0. The number of amides is 2. The molecule has 1 aromatic carbocycles. The molecule has 1 atom stereocenters. The van der Waals surface area contributed by atoms with Crippen LogP contribution < -0.4 is 15.6 Å². The van der Waals surface area contributed by atoms with Gasteiger partial charge in [0.15, 0.2) is 6.10 Å². The van der Waals surface area contributed by atoms with E-state index in [0.717, 1.165) is 11.4 Å². The van der Waals surface area contributed by atoms with Gasteiger partial charge in [-0.25, -0.2) is 0 Å². The Hall–Kier alpha value is -3.34. The highest BCUT2D eigenvalue weighted by Crippen LogP contribution is 2.13. The number of nitrogens with zero attached hydrogens (tertiary/aromatic N) is 3. The molecule has 0 aliphatic heterocycles. The lowest BCUT2D eigenvalue weighted by atomic mass is 10.2. The third-order valence-corrected chi connectivity index (χ3v) is 3.39. The predicted octanol–water partition coefficient (Wildman–Crippen LogP) is 0.987. The Balaban J connectivity index is 1.81. The zero-order chi connectivity index (χ0) is 18.4. The highest BCUT2D eigenvalue weighted by molar-refractivity contribution is 5.84. The lowest BCUT2D eigenvalue weighted by molar-refractivity contribution is -0.133. The van der Waals surface area contributed by atoms with Gasteiger partial charge >= 0.3 is 0 Å². The number of nitrogens with one attached hydrogen (secondary N) is 2. The topological polar surface area (TPSA) is 109 Å². The molecule has 25 heavy (non-hydrogen) atoms. The predicted molar refractivity (Wildman–Crippen MR) is 89.2 cm³/mol. The molecule has 0 saturated heterocycles. The second-order valence-corrected chi connectivity index (χ2v) is 5.52. The SMILES string of the molecule is Cc1cc(C)n(CC(=O)NNC(=O)[C@@H](C)Oc2ccc(C#N)cc2)n1. The Morgan fingerprint density at radius 1 is 1.28 bits per heavy atom. The number of benzene rings is 1. The van der Waals surface area contributed by atoms with E-state index in [4.69, 9.17) is 10.00 Å². The van der Waals surface area contributed by atoms with Crippen LogP contribution in [0.1, 0.15) is 23.9 Å². The van der Waals surface area contributed by atoms with Crippen molar-refractivity contribution in [2.24, 2.45) is 0 Å². The quantitative estimate of drug-likeness (QED) is 0.788. The maximum Gasteiger partial charge on any atom is 0.279 e. The fourth-order valence-corrected chi connectivity index (χ4v) is 2.11. The molecule has 2 amide bonds. The summed E-state index contributed by atoms with van der Waals surface area (Å²) in [5, 5.41) is 12.9. The lowest BCUT2D eigenvalue weighted by Crippen LogP contribution is -2.48. The maximum atomic E-state index is 12.0. The first kappa shape index (κ1) is 18.0. The molecular formula is C17H19N5O3. The van der Waals surface area contributed by atoms with Crippen LogP contribution in [0, 0.1) is 25.2 Å². The first-order valence-corrected chi connectivity index (χ1v) is 7.65. The number of ether oxygens (including phenoxy) is 1. The normalized spacial score (nSPS) is 11.3. The van der Waals surface area contributed by atoms with E-state index in [9.17, 15) is 9.59 Å². The van der Waals surface area contributed by atoms with Gasteiger partial charge in [-0.2, -0.15) is 10.4 Å². The number of carbonyl (C=O) groups is 2. The van der Waals surface area contributed by atoms with E-state index < -0.39 is 17.9 Å². The number of rotatable bonds is 5. The third kappa shape index (κ3) is 5.07. The smallest absolute Gasteiger partial charge is 0.279 e. The second-order valence-electron chi connectivity index (χ2n) is 5.52. The van der Waals surface area contributed by atoms with Gasteiger partial charge in [-0.05, 0) is 51.1 Å². The van der Waals surface area contributed by atoms with Crippen molar-refractivity contribution in [3.05, 3.63) is 47.3 Å². The van der Waals surface area contributed by atoms with Crippen molar-refractivity contribution in [2.75, 3.05) is 0 Å². The Labute approximate surface area is 145 Å². The van der Waals surface area contributed by atoms with Crippen LogP contribution in [0.2, 0.25) is 0 Å². The fraction of sp³-hybridized carbons (Fsp3) is 0.294. The summed E-state index contributed by atoms with van der Waals surface area (Å²) in [6.45, 7) is 5.25. The molecule has 0 aliphatic rings. The van der Waals surface area contributed by atoms with Crippen molar-refractivity contribution in [1.82, 2.24) is 20.6 Å². The Bertz CT molecular complexity index is 805. The van der Waals surface area contributed by atoms with Gasteiger partial charge in [0.1, 0.15) is 12.3 Å². The highest BCUT2D eigenvalue weighted by atomic mass is 16.5. The summed E-state index contributed by atoms with van der Waals surface area (Å²) >= 11 is 0. The van der Waals surface area contributed by atoms with Gasteiger partial charge in [-0.3, -0.25) is 25.1 Å². The molecule has 2 rings (SSSR count). The van der Waals surface area contributed by atoms with E-state index >= 15 is 0 Å². The van der Waals surface area contributed by atoms with Gasteiger partial charge in [0.2, 0.25) is 0 Å². The van der Waals surface area contributed by atoms with E-state index in [2.05, 4.69) is 16.0 Å². The second kappa shape index (κ2) is 7.97. The number of aryl methyl sites for hydroxylation is 2. The van der Waals surface area contributed by atoms with Crippen LogP contribution in [0.3, 0.4) is 0 Å². The minimum atomic E-state index is -0.818. The fourth-order valence-electron chi connectivity index (χ4n) is 2.11. The van der Waals surface area contributed by atoms with Crippen LogP contribution in [0.25, 0.3) is 0 Å². The molecule has 130 valence electrons. The monoisotopic (exact) mass is 341 g/mol. The van der Waals surface area contributed by atoms with Crippen molar-refractivity contribution < 1.29 is 14.3 Å². The number of hydrogen-bond acceptors (Lipinski definition) is 5. The zero-order valence-electron chi connectivity index (χ0n) is 14.2. The summed E-state index contributed by atoms with van der Waals surface area (Å²) in [7, 11) is 0. The van der Waals surface area contributed by atoms with E-state index in [1.807, 2.05) is 26.0 Å². The van der Waals surface area contributed by atoms with E-state index in [0.29, 0.717) is 11.3 Å². The zero-order valence-corrected chi connectivity index (χ0v) is 14.2. The summed E-state index contributed by atoms with van der Waals surface area (Å²) in [6.07, 6.45) is -0.818. The summed E-state index contributed by atoms with van der Waals surface area (Å²) in [4.78, 5) is 23.8. The number of aromatic nitrogens is 2. The average Bonchev–Trinajstić information content (AvgIpc) is 2.90. The number of hydrogen-bond donors (Lipinski definition) is 2. The van der Waals surface area contributed by atoms with Crippen LogP contribution >= 0.6 is 0 Å². The van der Waals surface area contributed by atoms with Gasteiger partial charge in [0, 0.05) is 5.69 Å². The Morgan fingerprint density at radius 2 is 1.96 bits per heavy atom. The summed E-state index contributed by atoms with van der Waals surface area (Å²) in [5.74, 6) is -0.438. The van der Waals surface area contributed by atoms with Gasteiger partial charge in [-0.1, -0.05) is 0 Å². The molecule has 1 heterocycles. The van der Waals surface area contributed by atoms with Gasteiger partial charge in [0.25, 0.3) is 11.8 Å². The molecular weight excluding hydrogens is 322 g/mol. The number of hydrazine groups is 1. The summed E-state index contributed by atoms with van der Waals surface area (Å²) < 4.78 is 7.01. The van der Waals surface area contributed by atoms with Crippen LogP contribution in [0.5, 0.6) is 5.75 Å². The molecule has 2 aromatic rings. The molecule has 0 radical (unpaired) electrons. The van der Waals surface area contributed by atoms with Crippen molar-refractivity contribution in [3.63, 3.8) is 0 Å². The van der Waals surface area contributed by atoms with Crippen molar-refractivity contribution in [1.29, 1.82) is 5.26 Å². The largest absolute Gasteiger partial charge is 0.481 e. The Morgan fingerprint density at radius 3 is 2.52 bits per heavy atom. The van der Waals surface area contributed by atoms with Crippen molar-refractivity contribution in [3.8, 4) is 11.8 Å². The molecule has 1 aromatic heterocycles. The first-order valence-electron chi connectivity index (χ1n) is 7.65. The van der Waals surface area contributed by atoms with E-state index in [1.165, 1.54) is 0 Å². The van der Waals surface area contributed by atoms with Crippen molar-refractivity contribution >= 4 is 11.8 Å². The molecule has 8 nitrogen and oxygen atoms in total. The van der Waals surface area contributed by atoms with Gasteiger partial charge in [-0.15, -0.1) is 0 Å². The molecule has 0 unspecified atom stereocenters. The molecule has 0 bridgehead atoms. The first-order chi connectivity index (χ1) is 11.9. The van der Waals surface area contributed by atoms with Crippen molar-refractivity contribution in [2.45, 2.75) is 33.4 Å². The molecule has 0 spiro atoms. The van der Waals surface area contributed by atoms with Gasteiger partial charge in [0.05, 0.1) is 17.3 Å². The van der Waals surface area contributed by atoms with Crippen LogP contribution in [0.4, 0.5) is 0 Å². The summed E-state index contributed by atoms with van der Waals surface area (Å²) in [5.41, 5.74) is 6.82. The van der Waals surface area contributed by atoms with E-state index in [1.54, 1.807) is 35.9 Å². The number of nitriles is 1. The van der Waals surface area contributed by atoms with Crippen LogP contribution in [-0.4, -0.2) is 27.7 Å². The minimum absolute atomic E-state index is 0.00478. The molecule has 2 N–H and O–H groups in total. The van der Waals surface area contributed by atoms with Gasteiger partial charge < -0.3 is 4.74 Å². The lowest BCUT2D eigenvalue weighted by Gasteiger charge is -2.15.